The summed E-state index contributed by atoms with van der Waals surface area (Å²) in [6.45, 7) is 2.38. The average molecular weight is 313 g/mol. The summed E-state index contributed by atoms with van der Waals surface area (Å²) in [6, 6.07) is 8.15. The Kier molecular flexibility index (Phi) is 4.51. The van der Waals surface area contributed by atoms with E-state index in [1.807, 2.05) is 6.92 Å². The zero-order chi connectivity index (χ0) is 14.6. The van der Waals surface area contributed by atoms with E-state index in [4.69, 9.17) is 9.47 Å². The largest absolute Gasteiger partial charge is 0.493 e. The van der Waals surface area contributed by atoms with Gasteiger partial charge in [-0.3, -0.25) is 4.72 Å². The third kappa shape index (κ3) is 3.23. The first-order chi connectivity index (χ1) is 9.56. The number of sulfonamides is 1. The Labute approximate surface area is 122 Å². The number of hydrogen-bond donors (Lipinski definition) is 1. The van der Waals surface area contributed by atoms with Crippen LogP contribution in [0.4, 0.5) is 5.69 Å². The van der Waals surface area contributed by atoms with Gasteiger partial charge in [0.2, 0.25) is 0 Å². The quantitative estimate of drug-likeness (QED) is 0.890. The predicted octanol–water partition coefficient (Wildman–Crippen LogP) is 2.96. The lowest BCUT2D eigenvalue weighted by Crippen LogP contribution is -2.11. The minimum Gasteiger partial charge on any atom is -0.493 e. The molecule has 0 radical (unpaired) electrons. The minimum absolute atomic E-state index is 0.269. The van der Waals surface area contributed by atoms with Crippen LogP contribution in [0.3, 0.4) is 0 Å². The SMILES string of the molecule is CCOc1ccc(NS(=O)(=O)c2cccs2)cc1OC. The maximum atomic E-state index is 12.1. The van der Waals surface area contributed by atoms with Crippen molar-refractivity contribution < 1.29 is 17.9 Å². The molecule has 0 saturated carbocycles. The van der Waals surface area contributed by atoms with E-state index in [1.165, 1.54) is 7.11 Å². The summed E-state index contributed by atoms with van der Waals surface area (Å²) >= 11 is 1.16. The van der Waals surface area contributed by atoms with Gasteiger partial charge in [-0.15, -0.1) is 11.3 Å². The van der Waals surface area contributed by atoms with E-state index < -0.39 is 10.0 Å². The standard InChI is InChI=1S/C13H15NO4S2/c1-3-18-11-7-6-10(9-12(11)17-2)14-20(15,16)13-5-4-8-19-13/h4-9,14H,3H2,1-2H3. The van der Waals surface area contributed by atoms with Crippen molar-refractivity contribution in [2.45, 2.75) is 11.1 Å². The van der Waals surface area contributed by atoms with Gasteiger partial charge in [0.05, 0.1) is 19.4 Å². The molecule has 1 heterocycles. The van der Waals surface area contributed by atoms with Crippen molar-refractivity contribution in [1.82, 2.24) is 0 Å². The van der Waals surface area contributed by atoms with E-state index in [2.05, 4.69) is 4.72 Å². The summed E-state index contributed by atoms with van der Waals surface area (Å²) in [4.78, 5) is 0. The number of hydrogen-bond acceptors (Lipinski definition) is 5. The first kappa shape index (κ1) is 14.7. The zero-order valence-corrected chi connectivity index (χ0v) is 12.8. The molecule has 0 atom stereocenters. The van der Waals surface area contributed by atoms with Crippen LogP contribution in [0.1, 0.15) is 6.92 Å². The topological polar surface area (TPSA) is 64.6 Å². The molecule has 0 fully saturated rings. The van der Waals surface area contributed by atoms with Gasteiger partial charge in [-0.25, -0.2) is 8.42 Å². The molecular weight excluding hydrogens is 298 g/mol. The molecule has 0 unspecified atom stereocenters. The molecule has 1 N–H and O–H groups in total. The van der Waals surface area contributed by atoms with E-state index in [0.29, 0.717) is 23.8 Å². The van der Waals surface area contributed by atoms with Gasteiger partial charge < -0.3 is 9.47 Å². The van der Waals surface area contributed by atoms with Crippen molar-refractivity contribution in [2.75, 3.05) is 18.4 Å². The smallest absolute Gasteiger partial charge is 0.271 e. The van der Waals surface area contributed by atoms with Crippen LogP contribution >= 0.6 is 11.3 Å². The monoisotopic (exact) mass is 313 g/mol. The zero-order valence-electron chi connectivity index (χ0n) is 11.1. The Bertz CT molecular complexity index is 666. The molecule has 7 heteroatoms. The lowest BCUT2D eigenvalue weighted by Gasteiger charge is -2.12. The molecule has 0 bridgehead atoms. The average Bonchev–Trinajstić information content (AvgIpc) is 2.95. The molecular formula is C13H15NO4S2. The summed E-state index contributed by atoms with van der Waals surface area (Å²) < 4.78 is 37.6. The van der Waals surface area contributed by atoms with Gasteiger partial charge in [0.1, 0.15) is 4.21 Å². The molecule has 0 saturated heterocycles. The Morgan fingerprint density at radius 1 is 1.25 bits per heavy atom. The van der Waals surface area contributed by atoms with Gasteiger partial charge in [-0.1, -0.05) is 6.07 Å². The normalized spacial score (nSPS) is 11.1. The fraction of sp³-hybridized carbons (Fsp3) is 0.231. The molecule has 5 nitrogen and oxygen atoms in total. The van der Waals surface area contributed by atoms with Crippen LogP contribution in [-0.2, 0) is 10.0 Å². The number of anilines is 1. The predicted molar refractivity (Wildman–Crippen MR) is 79.3 cm³/mol. The molecule has 0 spiro atoms. The molecule has 1 aromatic carbocycles. The second kappa shape index (κ2) is 6.15. The molecule has 1 aromatic heterocycles. The van der Waals surface area contributed by atoms with Crippen molar-refractivity contribution in [3.8, 4) is 11.5 Å². The third-order valence-electron chi connectivity index (χ3n) is 2.48. The van der Waals surface area contributed by atoms with Crippen molar-refractivity contribution in [3.63, 3.8) is 0 Å². The second-order valence-electron chi connectivity index (χ2n) is 3.84. The molecule has 20 heavy (non-hydrogen) atoms. The van der Waals surface area contributed by atoms with Gasteiger partial charge in [0.15, 0.2) is 11.5 Å². The summed E-state index contributed by atoms with van der Waals surface area (Å²) in [6.07, 6.45) is 0. The van der Waals surface area contributed by atoms with Gasteiger partial charge in [-0.2, -0.15) is 0 Å². The van der Waals surface area contributed by atoms with Crippen molar-refractivity contribution in [3.05, 3.63) is 35.7 Å². The van der Waals surface area contributed by atoms with Crippen LogP contribution in [0.5, 0.6) is 11.5 Å². The lowest BCUT2D eigenvalue weighted by molar-refractivity contribution is 0.311. The second-order valence-corrected chi connectivity index (χ2v) is 6.69. The Morgan fingerprint density at radius 2 is 2.05 bits per heavy atom. The van der Waals surface area contributed by atoms with E-state index in [9.17, 15) is 8.42 Å². The maximum Gasteiger partial charge on any atom is 0.271 e. The van der Waals surface area contributed by atoms with E-state index in [-0.39, 0.29) is 4.21 Å². The number of ether oxygens (including phenoxy) is 2. The van der Waals surface area contributed by atoms with Gasteiger partial charge in [0.25, 0.3) is 10.0 Å². The first-order valence-electron chi connectivity index (χ1n) is 5.94. The fourth-order valence-corrected chi connectivity index (χ4v) is 3.67. The highest BCUT2D eigenvalue weighted by molar-refractivity contribution is 7.94. The molecule has 0 aliphatic heterocycles. The van der Waals surface area contributed by atoms with Crippen LogP contribution < -0.4 is 14.2 Å². The molecule has 108 valence electrons. The maximum absolute atomic E-state index is 12.1. The summed E-state index contributed by atoms with van der Waals surface area (Å²) in [7, 11) is -2.04. The minimum atomic E-state index is -3.55. The number of nitrogens with one attached hydrogen (secondary N) is 1. The van der Waals surface area contributed by atoms with E-state index in [1.54, 1.807) is 35.7 Å². The van der Waals surface area contributed by atoms with E-state index in [0.717, 1.165) is 11.3 Å². The number of rotatable bonds is 6. The van der Waals surface area contributed by atoms with Gasteiger partial charge >= 0.3 is 0 Å². The molecule has 0 aliphatic carbocycles. The van der Waals surface area contributed by atoms with Crippen LogP contribution in [0.2, 0.25) is 0 Å². The van der Waals surface area contributed by atoms with Crippen molar-refractivity contribution in [2.24, 2.45) is 0 Å². The number of benzene rings is 1. The number of thiophene rings is 1. The van der Waals surface area contributed by atoms with Crippen LogP contribution in [0.25, 0.3) is 0 Å². The highest BCUT2D eigenvalue weighted by atomic mass is 32.2. The summed E-state index contributed by atoms with van der Waals surface area (Å²) in [5.74, 6) is 1.06. The van der Waals surface area contributed by atoms with Gasteiger partial charge in [-0.05, 0) is 30.5 Å². The van der Waals surface area contributed by atoms with Crippen LogP contribution in [-0.4, -0.2) is 22.1 Å². The third-order valence-corrected chi connectivity index (χ3v) is 5.25. The Balaban J connectivity index is 2.26. The Hall–Kier alpha value is -1.73. The summed E-state index contributed by atoms with van der Waals surface area (Å²) in [5.41, 5.74) is 0.429. The Morgan fingerprint density at radius 3 is 2.65 bits per heavy atom. The molecule has 2 aromatic rings. The highest BCUT2D eigenvalue weighted by Gasteiger charge is 2.16. The van der Waals surface area contributed by atoms with Crippen LogP contribution in [0, 0.1) is 0 Å². The number of methoxy groups -OCH3 is 1. The van der Waals surface area contributed by atoms with E-state index >= 15 is 0 Å². The fourth-order valence-electron chi connectivity index (χ4n) is 1.63. The van der Waals surface area contributed by atoms with Crippen LogP contribution in [0.15, 0.2) is 39.9 Å². The molecule has 0 amide bonds. The van der Waals surface area contributed by atoms with Gasteiger partial charge in [0, 0.05) is 6.07 Å². The van der Waals surface area contributed by atoms with Crippen molar-refractivity contribution >= 4 is 27.0 Å². The first-order valence-corrected chi connectivity index (χ1v) is 8.30. The molecule has 2 rings (SSSR count). The van der Waals surface area contributed by atoms with Crippen molar-refractivity contribution in [1.29, 1.82) is 0 Å². The lowest BCUT2D eigenvalue weighted by atomic mass is 10.3. The highest BCUT2D eigenvalue weighted by Crippen LogP contribution is 2.31. The summed E-state index contributed by atoms with van der Waals surface area (Å²) in [5, 5.41) is 1.72. The molecule has 0 aliphatic rings.